The maximum Gasteiger partial charge on any atom is 0.275 e. The molecular formula is C19H30N3O3+. The quantitative estimate of drug-likeness (QED) is 0.605. The van der Waals surface area contributed by atoms with E-state index in [9.17, 15) is 14.4 Å². The number of ketones is 1. The van der Waals surface area contributed by atoms with Crippen molar-refractivity contribution in [3.63, 3.8) is 0 Å². The molecule has 2 atom stereocenters. The SMILES string of the molecule is CC(=O)[C@@H](Cc1ccccc1)NC(=O)C[NH+](C)CC(=O)NC(C)(C)C. The standard InChI is InChI=1S/C19H29N3O3/c1-14(23)16(11-15-9-7-6-8-10-15)20-17(24)12-22(5)13-18(25)21-19(2,3)4/h6-10,16H,11-13H2,1-5H3,(H,20,24)(H,21,25)/p+1/t16-/m1/s1. The molecule has 0 bridgehead atoms. The van der Waals surface area contributed by atoms with Gasteiger partial charge < -0.3 is 15.5 Å². The maximum atomic E-state index is 12.2. The van der Waals surface area contributed by atoms with Gasteiger partial charge in [0, 0.05) is 5.54 Å². The van der Waals surface area contributed by atoms with Crippen molar-refractivity contribution in [2.45, 2.75) is 45.7 Å². The molecule has 1 unspecified atom stereocenters. The highest BCUT2D eigenvalue weighted by Crippen LogP contribution is 2.04. The molecule has 0 aromatic heterocycles. The fourth-order valence-corrected chi connectivity index (χ4v) is 2.46. The smallest absolute Gasteiger partial charge is 0.275 e. The van der Waals surface area contributed by atoms with Gasteiger partial charge in [-0.15, -0.1) is 0 Å². The number of amides is 2. The molecule has 0 spiro atoms. The molecule has 1 rings (SSSR count). The number of hydrogen-bond acceptors (Lipinski definition) is 3. The summed E-state index contributed by atoms with van der Waals surface area (Å²) < 4.78 is 0. The van der Waals surface area contributed by atoms with Crippen molar-refractivity contribution >= 4 is 17.6 Å². The number of Topliss-reactive ketones (excluding diaryl/α,β-unsaturated/α-hetero) is 1. The van der Waals surface area contributed by atoms with Crippen LogP contribution in [0.4, 0.5) is 0 Å². The van der Waals surface area contributed by atoms with Crippen LogP contribution in [0, 0.1) is 0 Å². The lowest BCUT2D eigenvalue weighted by Crippen LogP contribution is -3.11. The van der Waals surface area contributed by atoms with Crippen molar-refractivity contribution in [3.05, 3.63) is 35.9 Å². The first kappa shape index (κ1) is 20.8. The Kier molecular flexibility index (Phi) is 7.77. The fourth-order valence-electron chi connectivity index (χ4n) is 2.46. The van der Waals surface area contributed by atoms with Gasteiger partial charge in [-0.3, -0.25) is 14.4 Å². The van der Waals surface area contributed by atoms with Crippen molar-refractivity contribution < 1.29 is 19.3 Å². The summed E-state index contributed by atoms with van der Waals surface area (Å²) in [5.41, 5.74) is 0.697. The van der Waals surface area contributed by atoms with Crippen molar-refractivity contribution in [3.8, 4) is 0 Å². The Morgan fingerprint density at radius 2 is 1.60 bits per heavy atom. The van der Waals surface area contributed by atoms with E-state index >= 15 is 0 Å². The number of nitrogens with one attached hydrogen (secondary N) is 3. The highest BCUT2D eigenvalue weighted by molar-refractivity contribution is 5.88. The summed E-state index contributed by atoms with van der Waals surface area (Å²) in [6.45, 7) is 7.54. The summed E-state index contributed by atoms with van der Waals surface area (Å²) in [6, 6.07) is 9.02. The Morgan fingerprint density at radius 1 is 1.04 bits per heavy atom. The number of likely N-dealkylation sites (N-methyl/N-ethyl adjacent to an activating group) is 1. The average Bonchev–Trinajstić information content (AvgIpc) is 2.44. The van der Waals surface area contributed by atoms with Gasteiger partial charge in [0.25, 0.3) is 11.8 Å². The fraction of sp³-hybridized carbons (Fsp3) is 0.526. The monoisotopic (exact) mass is 348 g/mol. The number of carbonyl (C=O) groups is 3. The highest BCUT2D eigenvalue weighted by Gasteiger charge is 2.22. The molecule has 3 N–H and O–H groups in total. The highest BCUT2D eigenvalue weighted by atomic mass is 16.2. The van der Waals surface area contributed by atoms with Gasteiger partial charge in [-0.1, -0.05) is 30.3 Å². The molecule has 6 nitrogen and oxygen atoms in total. The summed E-state index contributed by atoms with van der Waals surface area (Å²) in [4.78, 5) is 36.7. The second-order valence-corrected chi connectivity index (χ2v) is 7.53. The number of hydrogen-bond donors (Lipinski definition) is 3. The minimum atomic E-state index is -0.550. The van der Waals surface area contributed by atoms with E-state index in [1.807, 2.05) is 51.1 Å². The lowest BCUT2D eigenvalue weighted by atomic mass is 10.0. The molecule has 25 heavy (non-hydrogen) atoms. The molecule has 0 aliphatic carbocycles. The topological polar surface area (TPSA) is 79.7 Å². The summed E-state index contributed by atoms with van der Waals surface area (Å²) in [5.74, 6) is -0.428. The van der Waals surface area contributed by atoms with E-state index in [1.54, 1.807) is 7.05 Å². The zero-order valence-electron chi connectivity index (χ0n) is 15.8. The van der Waals surface area contributed by atoms with Gasteiger partial charge in [-0.2, -0.15) is 0 Å². The minimum absolute atomic E-state index is 0.0830. The summed E-state index contributed by atoms with van der Waals surface area (Å²) in [7, 11) is 1.78. The van der Waals surface area contributed by atoms with E-state index in [0.29, 0.717) is 6.42 Å². The summed E-state index contributed by atoms with van der Waals surface area (Å²) in [6.07, 6.45) is 0.464. The first-order chi connectivity index (χ1) is 11.6. The largest absolute Gasteiger partial charge is 0.347 e. The predicted octanol–water partition coefficient (Wildman–Crippen LogP) is -0.268. The lowest BCUT2D eigenvalue weighted by Gasteiger charge is -2.22. The lowest BCUT2D eigenvalue weighted by molar-refractivity contribution is -0.862. The second-order valence-electron chi connectivity index (χ2n) is 7.53. The van der Waals surface area contributed by atoms with Gasteiger partial charge in [0.15, 0.2) is 18.9 Å². The number of benzene rings is 1. The van der Waals surface area contributed by atoms with Gasteiger partial charge >= 0.3 is 0 Å². The van der Waals surface area contributed by atoms with Crippen LogP contribution in [-0.4, -0.2) is 49.3 Å². The van der Waals surface area contributed by atoms with E-state index in [2.05, 4.69) is 10.6 Å². The second kappa shape index (κ2) is 9.32. The van der Waals surface area contributed by atoms with E-state index in [-0.39, 0.29) is 36.2 Å². The van der Waals surface area contributed by atoms with Crippen LogP contribution in [0.25, 0.3) is 0 Å². The number of rotatable bonds is 8. The molecule has 138 valence electrons. The number of carbonyl (C=O) groups excluding carboxylic acids is 3. The average molecular weight is 348 g/mol. The van der Waals surface area contributed by atoms with Gasteiger partial charge in [-0.05, 0) is 39.7 Å². The van der Waals surface area contributed by atoms with Crippen LogP contribution in [0.1, 0.15) is 33.3 Å². The van der Waals surface area contributed by atoms with Crippen LogP contribution in [0.15, 0.2) is 30.3 Å². The summed E-state index contributed by atoms with van der Waals surface area (Å²) >= 11 is 0. The third kappa shape index (κ3) is 9.00. The zero-order valence-corrected chi connectivity index (χ0v) is 15.8. The Hall–Kier alpha value is -2.21. The molecule has 0 saturated heterocycles. The van der Waals surface area contributed by atoms with Crippen LogP contribution in [-0.2, 0) is 20.8 Å². The van der Waals surface area contributed by atoms with Gasteiger partial charge in [0.1, 0.15) is 0 Å². The first-order valence-electron chi connectivity index (χ1n) is 8.53. The van der Waals surface area contributed by atoms with Gasteiger partial charge in [-0.25, -0.2) is 0 Å². The number of quaternary nitrogens is 1. The Balaban J connectivity index is 2.52. The normalized spacial score (nSPS) is 13.6. The minimum Gasteiger partial charge on any atom is -0.347 e. The van der Waals surface area contributed by atoms with Crippen LogP contribution in [0.3, 0.4) is 0 Å². The molecule has 0 radical (unpaired) electrons. The molecule has 1 aromatic rings. The predicted molar refractivity (Wildman–Crippen MR) is 97.3 cm³/mol. The van der Waals surface area contributed by atoms with Crippen molar-refractivity contribution in [2.24, 2.45) is 0 Å². The molecule has 2 amide bonds. The van der Waals surface area contributed by atoms with Gasteiger partial charge in [0.2, 0.25) is 0 Å². The molecular weight excluding hydrogens is 318 g/mol. The van der Waals surface area contributed by atoms with Crippen LogP contribution < -0.4 is 15.5 Å². The van der Waals surface area contributed by atoms with Crippen molar-refractivity contribution in [1.82, 2.24) is 10.6 Å². The molecule has 0 aliphatic rings. The Bertz CT molecular complexity index is 594. The molecule has 0 aliphatic heterocycles. The zero-order chi connectivity index (χ0) is 19.0. The summed E-state index contributed by atoms with van der Waals surface area (Å²) in [5, 5.41) is 5.65. The van der Waals surface area contributed by atoms with Gasteiger partial charge in [0.05, 0.1) is 13.1 Å². The molecule has 0 fully saturated rings. The molecule has 1 aromatic carbocycles. The molecule has 0 saturated carbocycles. The third-order valence-corrected chi connectivity index (χ3v) is 3.55. The van der Waals surface area contributed by atoms with Crippen molar-refractivity contribution in [2.75, 3.05) is 20.1 Å². The Labute approximate surface area is 150 Å². The first-order valence-corrected chi connectivity index (χ1v) is 8.53. The van der Waals surface area contributed by atoms with Crippen LogP contribution >= 0.6 is 0 Å². The third-order valence-electron chi connectivity index (χ3n) is 3.55. The van der Waals surface area contributed by atoms with Crippen molar-refractivity contribution in [1.29, 1.82) is 0 Å². The molecule has 6 heteroatoms. The van der Waals surface area contributed by atoms with Crippen LogP contribution in [0.5, 0.6) is 0 Å². The van der Waals surface area contributed by atoms with E-state index in [0.717, 1.165) is 10.5 Å². The van der Waals surface area contributed by atoms with E-state index in [4.69, 9.17) is 0 Å². The molecule has 0 heterocycles. The van der Waals surface area contributed by atoms with E-state index in [1.165, 1.54) is 6.92 Å². The Morgan fingerprint density at radius 3 is 2.12 bits per heavy atom. The van der Waals surface area contributed by atoms with E-state index < -0.39 is 6.04 Å². The maximum absolute atomic E-state index is 12.2. The van der Waals surface area contributed by atoms with Crippen LogP contribution in [0.2, 0.25) is 0 Å².